The van der Waals surface area contributed by atoms with Crippen LogP contribution in [-0.2, 0) is 4.74 Å². The first-order valence-electron chi connectivity index (χ1n) is 8.42. The van der Waals surface area contributed by atoms with E-state index in [4.69, 9.17) is 4.74 Å². The van der Waals surface area contributed by atoms with Gasteiger partial charge in [0.15, 0.2) is 0 Å². The molecular formula is C18H28N2O. The highest BCUT2D eigenvalue weighted by Gasteiger charge is 2.31. The van der Waals surface area contributed by atoms with Gasteiger partial charge in [0.2, 0.25) is 0 Å². The number of nitrogens with one attached hydrogen (secondary N) is 1. The molecule has 0 amide bonds. The maximum absolute atomic E-state index is 6.10. The van der Waals surface area contributed by atoms with Crippen molar-refractivity contribution in [2.45, 2.75) is 44.2 Å². The Morgan fingerprint density at radius 3 is 2.81 bits per heavy atom. The fourth-order valence-corrected chi connectivity index (χ4v) is 3.56. The van der Waals surface area contributed by atoms with Crippen molar-refractivity contribution in [3.05, 3.63) is 35.4 Å². The Balaban J connectivity index is 1.86. The Bertz CT molecular complexity index is 458. The lowest BCUT2D eigenvalue weighted by molar-refractivity contribution is -0.0392. The number of nitrogens with zero attached hydrogens (tertiary/aromatic N) is 1. The second-order valence-corrected chi connectivity index (χ2v) is 6.46. The van der Waals surface area contributed by atoms with Gasteiger partial charge in [-0.1, -0.05) is 37.6 Å². The number of rotatable bonds is 5. The van der Waals surface area contributed by atoms with Crippen molar-refractivity contribution >= 4 is 0 Å². The summed E-state index contributed by atoms with van der Waals surface area (Å²) in [4.78, 5) is 2.38. The maximum atomic E-state index is 6.10. The molecule has 3 heteroatoms. The van der Waals surface area contributed by atoms with E-state index in [1.54, 1.807) is 5.56 Å². The first-order chi connectivity index (χ1) is 10.3. The van der Waals surface area contributed by atoms with Gasteiger partial charge in [-0.15, -0.1) is 0 Å². The molecule has 2 aliphatic rings. The van der Waals surface area contributed by atoms with Gasteiger partial charge >= 0.3 is 0 Å². The van der Waals surface area contributed by atoms with E-state index in [9.17, 15) is 0 Å². The van der Waals surface area contributed by atoms with Gasteiger partial charge in [-0.2, -0.15) is 0 Å². The molecule has 21 heavy (non-hydrogen) atoms. The Hall–Kier alpha value is -0.900. The third kappa shape index (κ3) is 3.31. The van der Waals surface area contributed by atoms with E-state index in [1.807, 2.05) is 0 Å². The van der Waals surface area contributed by atoms with E-state index >= 15 is 0 Å². The van der Waals surface area contributed by atoms with Crippen LogP contribution >= 0.6 is 0 Å². The molecule has 2 unspecified atom stereocenters. The summed E-state index contributed by atoms with van der Waals surface area (Å²) in [5.41, 5.74) is 3.01. The van der Waals surface area contributed by atoms with Crippen LogP contribution in [-0.4, -0.2) is 44.3 Å². The zero-order valence-electron chi connectivity index (χ0n) is 13.3. The third-order valence-corrected chi connectivity index (χ3v) is 4.97. The molecular weight excluding hydrogens is 260 g/mol. The SMILES string of the molecule is CCNC(c1ccccc1C1CCC1)C1CN(C)CCO1. The average Bonchev–Trinajstić information content (AvgIpc) is 2.44. The highest BCUT2D eigenvalue weighted by Crippen LogP contribution is 2.40. The molecule has 1 aromatic rings. The van der Waals surface area contributed by atoms with Crippen LogP contribution in [0.5, 0.6) is 0 Å². The van der Waals surface area contributed by atoms with Crippen LogP contribution in [0.25, 0.3) is 0 Å². The molecule has 116 valence electrons. The average molecular weight is 288 g/mol. The van der Waals surface area contributed by atoms with Crippen molar-refractivity contribution in [1.82, 2.24) is 10.2 Å². The van der Waals surface area contributed by atoms with Crippen molar-refractivity contribution in [3.8, 4) is 0 Å². The smallest absolute Gasteiger partial charge is 0.0896 e. The van der Waals surface area contributed by atoms with Gasteiger partial charge in [0.05, 0.1) is 18.8 Å². The summed E-state index contributed by atoms with van der Waals surface area (Å²) in [5, 5.41) is 3.68. The number of morpholine rings is 1. The molecule has 0 aromatic heterocycles. The van der Waals surface area contributed by atoms with E-state index in [0.29, 0.717) is 6.04 Å². The second kappa shape index (κ2) is 6.91. The predicted octanol–water partition coefficient (Wildman–Crippen LogP) is 2.94. The second-order valence-electron chi connectivity index (χ2n) is 6.46. The van der Waals surface area contributed by atoms with E-state index in [-0.39, 0.29) is 6.10 Å². The Morgan fingerprint density at radius 1 is 1.33 bits per heavy atom. The van der Waals surface area contributed by atoms with Crippen LogP contribution in [0.4, 0.5) is 0 Å². The minimum absolute atomic E-state index is 0.255. The molecule has 1 saturated heterocycles. The third-order valence-electron chi connectivity index (χ3n) is 4.97. The molecule has 0 bridgehead atoms. The van der Waals surface area contributed by atoms with Crippen molar-refractivity contribution < 1.29 is 4.74 Å². The molecule has 1 N–H and O–H groups in total. The molecule has 2 fully saturated rings. The van der Waals surface area contributed by atoms with Crippen LogP contribution in [0.2, 0.25) is 0 Å². The van der Waals surface area contributed by atoms with Crippen molar-refractivity contribution in [3.63, 3.8) is 0 Å². The normalized spacial score (nSPS) is 25.5. The van der Waals surface area contributed by atoms with Crippen LogP contribution in [0.3, 0.4) is 0 Å². The van der Waals surface area contributed by atoms with Crippen LogP contribution in [0, 0.1) is 0 Å². The highest BCUT2D eigenvalue weighted by atomic mass is 16.5. The van der Waals surface area contributed by atoms with Gasteiger partial charge in [0.1, 0.15) is 0 Å². The zero-order chi connectivity index (χ0) is 14.7. The standard InChI is InChI=1S/C18H28N2O/c1-3-19-18(17-13-20(2)11-12-21-17)16-10-5-4-9-15(16)14-7-6-8-14/h4-5,9-10,14,17-19H,3,6-8,11-13H2,1-2H3. The summed E-state index contributed by atoms with van der Waals surface area (Å²) in [6, 6.07) is 9.31. The largest absolute Gasteiger partial charge is 0.374 e. The number of hydrogen-bond donors (Lipinski definition) is 1. The number of hydrogen-bond acceptors (Lipinski definition) is 3. The summed E-state index contributed by atoms with van der Waals surface area (Å²) in [6.07, 6.45) is 4.33. The molecule has 0 radical (unpaired) electrons. The van der Waals surface area contributed by atoms with Crippen LogP contribution in [0.15, 0.2) is 24.3 Å². The number of likely N-dealkylation sites (N-methyl/N-ethyl adjacent to an activating group) is 2. The van der Waals surface area contributed by atoms with Crippen molar-refractivity contribution in [1.29, 1.82) is 0 Å². The predicted molar refractivity (Wildman–Crippen MR) is 86.7 cm³/mol. The van der Waals surface area contributed by atoms with Crippen molar-refractivity contribution in [2.75, 3.05) is 33.3 Å². The van der Waals surface area contributed by atoms with Gasteiger partial charge in [-0.05, 0) is 43.5 Å². The molecule has 3 nitrogen and oxygen atoms in total. The Kier molecular flexibility index (Phi) is 4.94. The monoisotopic (exact) mass is 288 g/mol. The topological polar surface area (TPSA) is 24.5 Å². The molecule has 1 heterocycles. The van der Waals surface area contributed by atoms with Gasteiger partial charge in [0.25, 0.3) is 0 Å². The first kappa shape index (κ1) is 15.0. The molecule has 3 rings (SSSR count). The lowest BCUT2D eigenvalue weighted by atomic mass is 9.76. The van der Waals surface area contributed by atoms with E-state index < -0.39 is 0 Å². The molecule has 1 saturated carbocycles. The molecule has 1 aromatic carbocycles. The highest BCUT2D eigenvalue weighted by molar-refractivity contribution is 5.35. The summed E-state index contributed by atoms with van der Waals surface area (Å²) in [5.74, 6) is 0.767. The lowest BCUT2D eigenvalue weighted by Gasteiger charge is -2.38. The molecule has 1 aliphatic heterocycles. The van der Waals surface area contributed by atoms with Crippen LogP contribution in [0.1, 0.15) is 49.3 Å². The minimum Gasteiger partial charge on any atom is -0.374 e. The summed E-state index contributed by atoms with van der Waals surface area (Å²) in [7, 11) is 2.19. The Labute approximate surface area is 128 Å². The molecule has 0 spiro atoms. The van der Waals surface area contributed by atoms with Gasteiger partial charge in [-0.3, -0.25) is 0 Å². The molecule has 1 aliphatic carbocycles. The van der Waals surface area contributed by atoms with E-state index in [1.165, 1.54) is 24.8 Å². The first-order valence-corrected chi connectivity index (χ1v) is 8.42. The summed E-state index contributed by atoms with van der Waals surface area (Å²) >= 11 is 0. The number of ether oxygens (including phenoxy) is 1. The van der Waals surface area contributed by atoms with E-state index in [2.05, 4.69) is 48.5 Å². The number of benzene rings is 1. The van der Waals surface area contributed by atoms with Gasteiger partial charge in [0, 0.05) is 13.1 Å². The fraction of sp³-hybridized carbons (Fsp3) is 0.667. The van der Waals surface area contributed by atoms with Crippen molar-refractivity contribution in [2.24, 2.45) is 0 Å². The lowest BCUT2D eigenvalue weighted by Crippen LogP contribution is -2.47. The molecule has 2 atom stereocenters. The summed E-state index contributed by atoms with van der Waals surface area (Å²) < 4.78 is 6.10. The fourth-order valence-electron chi connectivity index (χ4n) is 3.56. The van der Waals surface area contributed by atoms with Gasteiger partial charge in [-0.25, -0.2) is 0 Å². The minimum atomic E-state index is 0.255. The maximum Gasteiger partial charge on any atom is 0.0896 e. The summed E-state index contributed by atoms with van der Waals surface area (Å²) in [6.45, 7) is 6.06. The quantitative estimate of drug-likeness (QED) is 0.901. The zero-order valence-corrected chi connectivity index (χ0v) is 13.3. The van der Waals surface area contributed by atoms with Gasteiger partial charge < -0.3 is 15.0 Å². The Morgan fingerprint density at radius 2 is 2.14 bits per heavy atom. The van der Waals surface area contributed by atoms with Crippen LogP contribution < -0.4 is 5.32 Å². The van der Waals surface area contributed by atoms with E-state index in [0.717, 1.165) is 32.2 Å².